The number of anilines is 1. The second-order valence-corrected chi connectivity index (χ2v) is 18.3. The molecule has 3 N–H and O–H groups in total. The van der Waals surface area contributed by atoms with Crippen molar-refractivity contribution >= 4 is 35.3 Å². The molecule has 5 heterocycles. The molecule has 442 valence electrons. The van der Waals surface area contributed by atoms with Crippen LogP contribution in [0.15, 0.2) is 134 Å². The minimum absolute atomic E-state index is 0. The number of carbonyl (C=O) groups excluding carboxylic acids is 4. The molecule has 0 bridgehead atoms. The van der Waals surface area contributed by atoms with Crippen molar-refractivity contribution in [2.24, 2.45) is 0 Å². The van der Waals surface area contributed by atoms with Crippen molar-refractivity contribution in [2.45, 2.75) is 51.5 Å². The summed E-state index contributed by atoms with van der Waals surface area (Å²) < 4.78 is 128. The van der Waals surface area contributed by atoms with E-state index >= 15 is 0 Å². The quantitative estimate of drug-likeness (QED) is 0.0404. The second kappa shape index (κ2) is 29.2. The van der Waals surface area contributed by atoms with Crippen LogP contribution in [-0.2, 0) is 59.8 Å². The van der Waals surface area contributed by atoms with E-state index in [1.54, 1.807) is 17.3 Å². The maximum atomic E-state index is 13.5. The van der Waals surface area contributed by atoms with Crippen LogP contribution in [0.1, 0.15) is 78.9 Å². The first-order valence-corrected chi connectivity index (χ1v) is 25.1. The summed E-state index contributed by atoms with van der Waals surface area (Å²) in [6, 6.07) is 31.0. The SMILES string of the molecule is Cc1ccnc(-c2cc(CCC(=O)NCCNC(=O)CCC(=O)N3Cc4ccccc4C#Cc4ccccc43)ccn2)c1.O=C(O)c1cc(-c2[c-]cc(F)cc2F)ncc1C(F)(F)F.O=C([O-])c1cc(-c2[c-]cc(F)cc2F)ncc1C(F)(F)F.[Ir+3]. The number of aromatic carboxylic acids is 2. The Balaban J connectivity index is 0.000000230. The standard InChI is InChI=1S/C35H33N5O3.2C13H5F5NO2.Ir/c1-25-16-18-36-30(22-25)31-23-26(17-19-37-31)10-13-33(41)38-20-21-39-34(42)14-15-35(43)40-24-29-8-3-2-6-27(29)11-12-28-7-4-5-9-32(28)40;2*14-6-1-2-7(10(15)3-6)11-4-8(12(20)21)9(5-19-11)13(16,17)18;/h2-9,16-19,22-23H,10,13-15,20-21,24H2,1H3,(H,38,41)(H,39,42);2*1,3-5H,(H,20,21);/q;2*-1;+3/p-1. The first-order chi connectivity index (χ1) is 40.4. The van der Waals surface area contributed by atoms with Crippen LogP contribution in [0.25, 0.3) is 33.9 Å². The number of hydrogen-bond acceptors (Lipinski definition) is 10. The summed E-state index contributed by atoms with van der Waals surface area (Å²) in [5.41, 5.74) is 0.111. The summed E-state index contributed by atoms with van der Waals surface area (Å²) in [5, 5.41) is 25.2. The number of carboxylic acid groups (broad SMARTS) is 2. The average molecular weight is 1370 g/mol. The van der Waals surface area contributed by atoms with Gasteiger partial charge in [0, 0.05) is 97.1 Å². The van der Waals surface area contributed by atoms with Crippen LogP contribution in [0.4, 0.5) is 49.6 Å². The third kappa shape index (κ3) is 17.7. The van der Waals surface area contributed by atoms with Crippen LogP contribution in [0.5, 0.6) is 0 Å². The van der Waals surface area contributed by atoms with Crippen molar-refractivity contribution in [3.05, 3.63) is 219 Å². The maximum absolute atomic E-state index is 13.5. The third-order valence-corrected chi connectivity index (χ3v) is 12.2. The third-order valence-electron chi connectivity index (χ3n) is 12.2. The number of carbonyl (C=O) groups is 5. The second-order valence-electron chi connectivity index (χ2n) is 18.3. The molecule has 0 radical (unpaired) electrons. The number of nitrogens with one attached hydrogen (secondary N) is 2. The van der Waals surface area contributed by atoms with Crippen molar-refractivity contribution in [1.29, 1.82) is 0 Å². The van der Waals surface area contributed by atoms with Gasteiger partial charge in [0.25, 0.3) is 0 Å². The largest absolute Gasteiger partial charge is 3.00 e. The smallest absolute Gasteiger partial charge is 0.545 e. The van der Waals surface area contributed by atoms with Crippen LogP contribution >= 0.6 is 0 Å². The normalized spacial score (nSPS) is 11.4. The molecule has 0 saturated heterocycles. The van der Waals surface area contributed by atoms with Gasteiger partial charge >= 0.3 is 38.4 Å². The minimum Gasteiger partial charge on any atom is -0.545 e. The first kappa shape index (κ1) is 65.5. The Morgan fingerprint density at radius 1 is 0.628 bits per heavy atom. The van der Waals surface area contributed by atoms with Gasteiger partial charge in [-0.2, -0.15) is 26.3 Å². The summed E-state index contributed by atoms with van der Waals surface area (Å²) in [4.78, 5) is 77.1. The number of rotatable bonds is 14. The van der Waals surface area contributed by atoms with E-state index in [1.807, 2.05) is 79.7 Å². The van der Waals surface area contributed by atoms with Crippen molar-refractivity contribution in [1.82, 2.24) is 30.6 Å². The molecule has 1 aliphatic heterocycles. The number of aromatic nitrogens is 4. The Bertz CT molecular complexity index is 3770. The van der Waals surface area contributed by atoms with Crippen molar-refractivity contribution in [3.63, 3.8) is 0 Å². The summed E-state index contributed by atoms with van der Waals surface area (Å²) in [6.07, 6.45) is -4.84. The summed E-state index contributed by atoms with van der Waals surface area (Å²) in [7, 11) is 0. The van der Waals surface area contributed by atoms with Crippen molar-refractivity contribution in [2.75, 3.05) is 18.0 Å². The van der Waals surface area contributed by atoms with Gasteiger partial charge in [-0.3, -0.25) is 41.9 Å². The van der Waals surface area contributed by atoms with E-state index in [9.17, 15) is 73.0 Å². The van der Waals surface area contributed by atoms with Crippen LogP contribution < -0.4 is 20.6 Å². The van der Waals surface area contributed by atoms with E-state index < -0.39 is 92.3 Å². The number of benzene rings is 4. The van der Waals surface area contributed by atoms with Crippen LogP contribution in [0.2, 0.25) is 0 Å². The number of aryl methyl sites for hydroxylation is 2. The van der Waals surface area contributed by atoms with Gasteiger partial charge in [-0.1, -0.05) is 77.6 Å². The topological polar surface area (TPSA) is 207 Å². The Morgan fingerprint density at radius 3 is 1.70 bits per heavy atom. The molecule has 86 heavy (non-hydrogen) atoms. The van der Waals surface area contributed by atoms with E-state index in [0.29, 0.717) is 50.2 Å². The molecule has 3 amide bonds. The summed E-state index contributed by atoms with van der Waals surface area (Å²) in [6.45, 7) is 2.99. The fraction of sp³-hybridized carbons (Fsp3) is 0.164. The number of pyridine rings is 4. The molecule has 0 fully saturated rings. The average Bonchev–Trinajstić information content (AvgIpc) is 1.85. The van der Waals surface area contributed by atoms with E-state index in [-0.39, 0.29) is 69.6 Å². The van der Waals surface area contributed by atoms with Gasteiger partial charge in [0.2, 0.25) is 17.7 Å². The molecule has 0 unspecified atom stereocenters. The molecule has 4 aromatic heterocycles. The molecule has 9 rings (SSSR count). The molecule has 14 nitrogen and oxygen atoms in total. The van der Waals surface area contributed by atoms with E-state index in [1.165, 1.54) is 0 Å². The number of alkyl halides is 6. The molecule has 8 aromatic rings. The van der Waals surface area contributed by atoms with Crippen LogP contribution in [-0.4, -0.2) is 67.8 Å². The molecule has 0 saturated carbocycles. The van der Waals surface area contributed by atoms with Crippen LogP contribution in [0.3, 0.4) is 0 Å². The fourth-order valence-electron chi connectivity index (χ4n) is 8.11. The number of para-hydroxylation sites is 1. The Kier molecular flexibility index (Phi) is 22.3. The summed E-state index contributed by atoms with van der Waals surface area (Å²) >= 11 is 0. The Morgan fingerprint density at radius 2 is 1.14 bits per heavy atom. The maximum Gasteiger partial charge on any atom is 3.00 e. The van der Waals surface area contributed by atoms with Gasteiger partial charge in [-0.25, -0.2) is 4.79 Å². The van der Waals surface area contributed by atoms with Gasteiger partial charge in [0.1, 0.15) is 0 Å². The van der Waals surface area contributed by atoms with Crippen molar-refractivity contribution in [3.8, 4) is 45.7 Å². The minimum atomic E-state index is -4.95. The predicted octanol–water partition coefficient (Wildman–Crippen LogP) is 10.1. The summed E-state index contributed by atoms with van der Waals surface area (Å²) in [5.74, 6) is -2.14. The van der Waals surface area contributed by atoms with Gasteiger partial charge in [-0.15, -0.1) is 24.3 Å². The molecule has 25 heteroatoms. The molecular formula is C61H42F10IrN7O7. The predicted molar refractivity (Wildman–Crippen MR) is 284 cm³/mol. The fourth-order valence-corrected chi connectivity index (χ4v) is 8.11. The molecule has 0 aliphatic carbocycles. The van der Waals surface area contributed by atoms with Gasteiger partial charge in [0.15, 0.2) is 0 Å². The number of carboxylic acids is 2. The number of fused-ring (bicyclic) bond motifs is 2. The van der Waals surface area contributed by atoms with E-state index in [2.05, 4.69) is 54.5 Å². The number of amides is 3. The number of hydrogen-bond donors (Lipinski definition) is 3. The van der Waals surface area contributed by atoms with E-state index in [4.69, 9.17) is 5.11 Å². The molecular weight excluding hydrogens is 1320 g/mol. The zero-order chi connectivity index (χ0) is 61.6. The molecule has 1 aliphatic rings. The molecule has 4 aromatic carbocycles. The van der Waals surface area contributed by atoms with Gasteiger partial charge < -0.3 is 40.5 Å². The molecule has 0 atom stereocenters. The van der Waals surface area contributed by atoms with E-state index in [0.717, 1.165) is 57.0 Å². The number of halogens is 10. The van der Waals surface area contributed by atoms with Gasteiger partial charge in [0.05, 0.1) is 46.3 Å². The zero-order valence-corrected chi connectivity index (χ0v) is 46.8. The number of nitrogens with zero attached hydrogens (tertiary/aromatic N) is 5. The Labute approximate surface area is 496 Å². The molecule has 0 spiro atoms. The van der Waals surface area contributed by atoms with Crippen molar-refractivity contribution < 1.29 is 98.2 Å². The zero-order valence-electron chi connectivity index (χ0n) is 44.4. The van der Waals surface area contributed by atoms with Crippen LogP contribution in [0, 0.1) is 54.2 Å². The Hall–Kier alpha value is -9.66. The van der Waals surface area contributed by atoms with Gasteiger partial charge in [-0.05, 0) is 83.9 Å². The first-order valence-electron chi connectivity index (χ1n) is 25.1. The monoisotopic (exact) mass is 1370 g/mol.